The molecule has 2 rings (SSSR count). The van der Waals surface area contributed by atoms with Crippen LogP contribution < -0.4 is 9.92 Å². The van der Waals surface area contributed by atoms with Gasteiger partial charge in [0.25, 0.3) is 0 Å². The molecule has 0 bridgehead atoms. The second-order valence-corrected chi connectivity index (χ2v) is 11.8. The normalized spacial score (nSPS) is 11.6. The predicted molar refractivity (Wildman–Crippen MR) is 126 cm³/mol. The van der Waals surface area contributed by atoms with Crippen molar-refractivity contribution in [2.45, 2.75) is 51.5 Å². The summed E-state index contributed by atoms with van der Waals surface area (Å²) in [6.45, 7) is 5.74. The number of aliphatic hydroxyl groups is 1. The zero-order valence-electron chi connectivity index (χ0n) is 18.3. The second kappa shape index (κ2) is 12.9. The zero-order chi connectivity index (χ0) is 21.7. The molecule has 0 spiro atoms. The van der Waals surface area contributed by atoms with Crippen molar-refractivity contribution in [1.29, 1.82) is 0 Å². The Morgan fingerprint density at radius 3 is 2.37 bits per heavy atom. The van der Waals surface area contributed by atoms with Gasteiger partial charge in [-0.15, -0.1) is 5.54 Å². The number of hydrogen-bond donors (Lipinski definition) is 1. The van der Waals surface area contributed by atoms with Crippen LogP contribution in [0.4, 0.5) is 0 Å². The number of benzene rings is 2. The van der Waals surface area contributed by atoms with Crippen molar-refractivity contribution in [1.82, 2.24) is 0 Å². The number of rotatable bonds is 9. The first-order valence-electron chi connectivity index (χ1n) is 10.5. The summed E-state index contributed by atoms with van der Waals surface area (Å²) in [5.41, 5.74) is 4.43. The van der Waals surface area contributed by atoms with Gasteiger partial charge in [0.2, 0.25) is 0 Å². The van der Waals surface area contributed by atoms with Crippen molar-refractivity contribution in [2.24, 2.45) is 0 Å². The Hall–Kier alpha value is -2.50. The molecule has 1 N–H and O–H groups in total. The van der Waals surface area contributed by atoms with Gasteiger partial charge in [-0.3, -0.25) is 0 Å². The molecule has 158 valence electrons. The minimum atomic E-state index is -1.85. The highest BCUT2D eigenvalue weighted by molar-refractivity contribution is 6.96. The summed E-state index contributed by atoms with van der Waals surface area (Å²) in [6, 6.07) is 18.2. The lowest BCUT2D eigenvalue weighted by Gasteiger charge is -2.14. The van der Waals surface area contributed by atoms with E-state index in [9.17, 15) is 5.11 Å². The van der Waals surface area contributed by atoms with Gasteiger partial charge in [0.1, 0.15) is 5.75 Å². The van der Waals surface area contributed by atoms with Crippen LogP contribution in [0.2, 0.25) is 13.1 Å². The molecule has 0 aliphatic rings. The third-order valence-electron chi connectivity index (χ3n) is 4.77. The number of unbranched alkanes of at least 4 members (excludes halogenated alkanes) is 3. The lowest BCUT2D eigenvalue weighted by atomic mass is 10.2. The van der Waals surface area contributed by atoms with Crippen molar-refractivity contribution >= 4 is 13.3 Å². The summed E-state index contributed by atoms with van der Waals surface area (Å²) in [5.74, 6) is 9.69. The molecular weight excluding hydrogens is 388 g/mol. The molecule has 0 aromatic heterocycles. The maximum atomic E-state index is 10.0. The average Bonchev–Trinajstić information content (AvgIpc) is 2.77. The number of hydrogen-bond acceptors (Lipinski definition) is 3. The van der Waals surface area contributed by atoms with Crippen molar-refractivity contribution in [3.8, 4) is 29.1 Å². The Morgan fingerprint density at radius 1 is 0.933 bits per heavy atom. The summed E-state index contributed by atoms with van der Waals surface area (Å²) in [6.07, 6.45) is 2.98. The van der Waals surface area contributed by atoms with E-state index in [0.717, 1.165) is 43.6 Å². The van der Waals surface area contributed by atoms with Crippen LogP contribution in [0.5, 0.6) is 5.75 Å². The molecule has 0 saturated carbocycles. The standard InChI is InChI=1S/C26H32O3Si/c1-28-25-17-15-23(16-18-25)22-29-20-11-6-4-5-8-12-24(27)19-21-30(2,3)26-13-9-7-10-14-26/h7,9-10,13-18,24,27H,4-6,11,20,22H2,1-3H3/t24-/m1/s1. The number of ether oxygens (including phenoxy) is 2. The Bertz CT molecular complexity index is 868. The maximum absolute atomic E-state index is 10.0. The topological polar surface area (TPSA) is 38.7 Å². The SMILES string of the molecule is COc1ccc(COCCCCCC#C[C@@H](O)C#C[Si](C)(C)c2ccccc2)cc1. The highest BCUT2D eigenvalue weighted by Crippen LogP contribution is 2.12. The molecule has 0 heterocycles. The summed E-state index contributed by atoms with van der Waals surface area (Å²) in [5, 5.41) is 11.3. The zero-order valence-corrected chi connectivity index (χ0v) is 19.3. The van der Waals surface area contributed by atoms with Crippen molar-refractivity contribution in [3.05, 3.63) is 60.2 Å². The van der Waals surface area contributed by atoms with Gasteiger partial charge in [-0.1, -0.05) is 79.7 Å². The van der Waals surface area contributed by atoms with Gasteiger partial charge in [-0.05, 0) is 35.7 Å². The monoisotopic (exact) mass is 420 g/mol. The number of aliphatic hydroxyl groups excluding tert-OH is 1. The molecule has 0 fully saturated rings. The molecule has 0 aliphatic heterocycles. The Kier molecular flexibility index (Phi) is 10.2. The van der Waals surface area contributed by atoms with E-state index in [1.54, 1.807) is 7.11 Å². The van der Waals surface area contributed by atoms with Crippen molar-refractivity contribution in [3.63, 3.8) is 0 Å². The van der Waals surface area contributed by atoms with Crippen LogP contribution in [0.1, 0.15) is 31.2 Å². The van der Waals surface area contributed by atoms with Crippen LogP contribution in [0.15, 0.2) is 54.6 Å². The largest absolute Gasteiger partial charge is 0.497 e. The molecule has 3 nitrogen and oxygen atoms in total. The molecular formula is C26H32O3Si. The Morgan fingerprint density at radius 2 is 1.67 bits per heavy atom. The highest BCUT2D eigenvalue weighted by Gasteiger charge is 2.20. The third kappa shape index (κ3) is 8.89. The summed E-state index contributed by atoms with van der Waals surface area (Å²) in [7, 11) is -0.189. The lowest BCUT2D eigenvalue weighted by molar-refractivity contribution is 0.117. The van der Waals surface area contributed by atoms with E-state index in [1.807, 2.05) is 42.5 Å². The van der Waals surface area contributed by atoms with E-state index in [1.165, 1.54) is 5.19 Å². The quantitative estimate of drug-likeness (QED) is 0.374. The van der Waals surface area contributed by atoms with Crippen LogP contribution in [0.25, 0.3) is 0 Å². The van der Waals surface area contributed by atoms with E-state index in [-0.39, 0.29) is 0 Å². The summed E-state index contributed by atoms with van der Waals surface area (Å²) < 4.78 is 10.9. The van der Waals surface area contributed by atoms with Crippen LogP contribution in [0.3, 0.4) is 0 Å². The average molecular weight is 421 g/mol. The Labute approximate surface area is 182 Å². The fourth-order valence-electron chi connectivity index (χ4n) is 2.89. The summed E-state index contributed by atoms with van der Waals surface area (Å²) >= 11 is 0. The molecule has 4 heteroatoms. The Balaban J connectivity index is 1.59. The first-order chi connectivity index (χ1) is 14.5. The number of methoxy groups -OCH3 is 1. The molecule has 1 atom stereocenters. The fraction of sp³-hybridized carbons (Fsp3) is 0.385. The van der Waals surface area contributed by atoms with Crippen LogP contribution in [0, 0.1) is 23.3 Å². The minimum absolute atomic E-state index is 0.622. The van der Waals surface area contributed by atoms with Gasteiger partial charge in [-0.2, -0.15) is 0 Å². The third-order valence-corrected chi connectivity index (χ3v) is 7.32. The van der Waals surface area contributed by atoms with Crippen LogP contribution in [-0.2, 0) is 11.3 Å². The molecule has 2 aromatic rings. The first kappa shape index (κ1) is 23.8. The predicted octanol–water partition coefficient (Wildman–Crippen LogP) is 4.29. The van der Waals surface area contributed by atoms with Gasteiger partial charge in [0.15, 0.2) is 14.2 Å². The highest BCUT2D eigenvalue weighted by atomic mass is 28.3. The lowest BCUT2D eigenvalue weighted by Crippen LogP contribution is -2.40. The molecule has 30 heavy (non-hydrogen) atoms. The first-order valence-corrected chi connectivity index (χ1v) is 13.5. The second-order valence-electron chi connectivity index (χ2n) is 7.70. The van der Waals surface area contributed by atoms with Crippen LogP contribution in [-0.4, -0.2) is 33.0 Å². The van der Waals surface area contributed by atoms with Gasteiger partial charge >= 0.3 is 0 Å². The molecule has 2 aromatic carbocycles. The van der Waals surface area contributed by atoms with Gasteiger partial charge < -0.3 is 14.6 Å². The van der Waals surface area contributed by atoms with Crippen molar-refractivity contribution in [2.75, 3.05) is 13.7 Å². The van der Waals surface area contributed by atoms with Crippen molar-refractivity contribution < 1.29 is 14.6 Å². The smallest absolute Gasteiger partial charge is 0.175 e. The molecule has 0 unspecified atom stereocenters. The fourth-order valence-corrected chi connectivity index (χ4v) is 4.55. The van der Waals surface area contributed by atoms with E-state index < -0.39 is 14.2 Å². The molecule has 0 radical (unpaired) electrons. The maximum Gasteiger partial charge on any atom is 0.175 e. The molecule has 0 saturated heterocycles. The van der Waals surface area contributed by atoms with Crippen LogP contribution >= 0.6 is 0 Å². The van der Waals surface area contributed by atoms with Gasteiger partial charge in [-0.25, -0.2) is 0 Å². The van der Waals surface area contributed by atoms with Gasteiger partial charge in [0, 0.05) is 13.0 Å². The van der Waals surface area contributed by atoms with E-state index >= 15 is 0 Å². The molecule has 0 amide bonds. The van der Waals surface area contributed by atoms with Gasteiger partial charge in [0.05, 0.1) is 13.7 Å². The van der Waals surface area contributed by atoms with E-state index in [4.69, 9.17) is 9.47 Å². The summed E-state index contributed by atoms with van der Waals surface area (Å²) in [4.78, 5) is 0. The van der Waals surface area contributed by atoms with E-state index in [2.05, 4.69) is 48.5 Å². The molecule has 0 aliphatic carbocycles. The van der Waals surface area contributed by atoms with E-state index in [0.29, 0.717) is 6.61 Å². The minimum Gasteiger partial charge on any atom is -0.497 e.